The number of nitrogens with zero attached hydrogens (tertiary/aromatic N) is 3. The topological polar surface area (TPSA) is 69.2 Å². The second kappa shape index (κ2) is 7.56. The van der Waals surface area contributed by atoms with E-state index in [1.165, 1.54) is 11.3 Å². The van der Waals surface area contributed by atoms with Crippen LogP contribution in [-0.2, 0) is 27.5 Å². The van der Waals surface area contributed by atoms with Crippen LogP contribution in [0.1, 0.15) is 35.8 Å². The summed E-state index contributed by atoms with van der Waals surface area (Å²) in [4.78, 5) is 9.77. The number of fused-ring (bicyclic) bond motifs is 1. The molecule has 1 unspecified atom stereocenters. The molecule has 0 bridgehead atoms. The smallest absolute Gasteiger partial charge is 0.229 e. The van der Waals surface area contributed by atoms with Crippen LogP contribution in [0.5, 0.6) is 0 Å². The molecule has 0 radical (unpaired) electrons. The average Bonchev–Trinajstić information content (AvgIpc) is 3.46. The van der Waals surface area contributed by atoms with Gasteiger partial charge >= 0.3 is 0 Å². The van der Waals surface area contributed by atoms with Crippen LogP contribution in [0, 0.1) is 0 Å². The van der Waals surface area contributed by atoms with Gasteiger partial charge in [0.2, 0.25) is 4.21 Å². The Bertz CT molecular complexity index is 1080. The van der Waals surface area contributed by atoms with Crippen molar-refractivity contribution in [2.75, 3.05) is 13.1 Å². The van der Waals surface area contributed by atoms with Gasteiger partial charge in [-0.15, -0.1) is 4.31 Å². The summed E-state index contributed by atoms with van der Waals surface area (Å²) in [5, 5.41) is 2.48. The zero-order chi connectivity index (χ0) is 20.0. The summed E-state index contributed by atoms with van der Waals surface area (Å²) in [5.41, 5.74) is 3.96. The van der Waals surface area contributed by atoms with Crippen LogP contribution in [-0.4, -0.2) is 31.9 Å². The quantitative estimate of drug-likeness (QED) is 0.544. The Hall–Kier alpha value is -1.64. The number of rotatable bonds is 4. The Morgan fingerprint density at radius 1 is 1.10 bits per heavy atom. The number of hydrogen-bond acceptors (Lipinski definition) is 5. The van der Waals surface area contributed by atoms with Crippen molar-refractivity contribution in [2.45, 2.75) is 35.8 Å². The van der Waals surface area contributed by atoms with Crippen molar-refractivity contribution in [2.24, 2.45) is 0 Å². The molecule has 0 N–H and O–H groups in total. The zero-order valence-electron chi connectivity index (χ0n) is 15.7. The van der Waals surface area contributed by atoms with Gasteiger partial charge in [0.25, 0.3) is 0 Å². The lowest BCUT2D eigenvalue weighted by Gasteiger charge is -2.24. The summed E-state index contributed by atoms with van der Waals surface area (Å²) in [5.74, 6) is 1.32. The number of halogens is 1. The minimum atomic E-state index is -3.47. The van der Waals surface area contributed by atoms with E-state index in [0.717, 1.165) is 41.2 Å². The molecule has 150 valence electrons. The summed E-state index contributed by atoms with van der Waals surface area (Å²) >= 11 is 7.33. The molecule has 1 atom stereocenters. The normalized spacial score (nSPS) is 19.4. The van der Waals surface area contributed by atoms with Gasteiger partial charge in [-0.2, -0.15) is 0 Å². The first-order valence-corrected chi connectivity index (χ1v) is 12.4. The molecule has 0 amide bonds. The number of hydrogen-bond donors (Lipinski definition) is 0. The van der Waals surface area contributed by atoms with Crippen LogP contribution < -0.4 is 0 Å². The molecule has 29 heavy (non-hydrogen) atoms. The summed E-state index contributed by atoms with van der Waals surface area (Å²) in [6.45, 7) is 0.869. The fraction of sp³-hybridized carbons (Fsp3) is 0.333. The van der Waals surface area contributed by atoms with Gasteiger partial charge in [-0.25, -0.2) is 9.97 Å². The molecule has 1 aliphatic carbocycles. The predicted octanol–water partition coefficient (Wildman–Crippen LogP) is 4.74. The highest BCUT2D eigenvalue weighted by Gasteiger charge is 2.35. The van der Waals surface area contributed by atoms with Crippen molar-refractivity contribution in [3.63, 3.8) is 0 Å². The van der Waals surface area contributed by atoms with Crippen LogP contribution in [0.2, 0.25) is 5.02 Å². The van der Waals surface area contributed by atoms with Crippen LogP contribution in [0.4, 0.5) is 0 Å². The molecule has 3 aromatic rings. The third-order valence-corrected chi connectivity index (χ3v) is 8.99. The zero-order valence-corrected chi connectivity index (χ0v) is 18.1. The highest BCUT2D eigenvalue weighted by atomic mass is 35.5. The Kier molecular flexibility index (Phi) is 5.04. The Morgan fingerprint density at radius 2 is 1.86 bits per heavy atom. The second-order valence-corrected chi connectivity index (χ2v) is 11.0. The minimum absolute atomic E-state index is 0.395. The Morgan fingerprint density at radius 3 is 2.55 bits per heavy atom. The molecule has 1 aliphatic heterocycles. The maximum atomic E-state index is 13.0. The average molecular weight is 446 g/mol. The van der Waals surface area contributed by atoms with Gasteiger partial charge in [0, 0.05) is 46.8 Å². The van der Waals surface area contributed by atoms with Crippen molar-refractivity contribution in [3.8, 4) is 11.3 Å². The minimum Gasteiger partial charge on any atom is -0.592 e. The van der Waals surface area contributed by atoms with E-state index in [4.69, 9.17) is 21.6 Å². The molecule has 5 rings (SSSR count). The predicted molar refractivity (Wildman–Crippen MR) is 115 cm³/mol. The summed E-state index contributed by atoms with van der Waals surface area (Å²) < 4.78 is 28.0. The number of benzene rings is 1. The van der Waals surface area contributed by atoms with Gasteiger partial charge in [-0.3, -0.25) is 0 Å². The fourth-order valence-electron chi connectivity index (χ4n) is 3.75. The van der Waals surface area contributed by atoms with Gasteiger partial charge in [0.15, 0.2) is 10.4 Å². The standard InChI is InChI=1S/C21H20ClN3O2S2/c22-16-7-5-14(6-8-16)20-17-9-11-25(29(26,27)19-2-1-13-28-19)12-10-18(17)23-21(24-20)15-3-4-15/h1-2,5-8,13,15H,3-4,9-12H2. The summed E-state index contributed by atoms with van der Waals surface area (Å²) in [6, 6.07) is 11.1. The van der Waals surface area contributed by atoms with Crippen LogP contribution in [0.25, 0.3) is 11.3 Å². The molecule has 1 aromatic carbocycles. The van der Waals surface area contributed by atoms with E-state index >= 15 is 0 Å². The van der Waals surface area contributed by atoms with Crippen molar-refractivity contribution < 1.29 is 8.76 Å². The first kappa shape index (κ1) is 19.3. The van der Waals surface area contributed by atoms with Crippen molar-refractivity contribution >= 4 is 33.3 Å². The van der Waals surface area contributed by atoms with E-state index < -0.39 is 10.4 Å². The lowest BCUT2D eigenvalue weighted by atomic mass is 10.0. The second-order valence-electron chi connectivity index (χ2n) is 7.47. The molecule has 1 fully saturated rings. The molecule has 8 heteroatoms. The maximum absolute atomic E-state index is 13.0. The van der Waals surface area contributed by atoms with Gasteiger partial charge in [-0.1, -0.05) is 39.3 Å². The first-order chi connectivity index (χ1) is 14.0. The molecule has 5 nitrogen and oxygen atoms in total. The fourth-order valence-corrected chi connectivity index (χ4v) is 6.46. The summed E-state index contributed by atoms with van der Waals surface area (Å²) in [7, 11) is -3.47. The first-order valence-electron chi connectivity index (χ1n) is 9.71. The number of thiophene rings is 1. The molecule has 2 aliphatic rings. The van der Waals surface area contributed by atoms with Crippen LogP contribution in [0.15, 0.2) is 46.0 Å². The number of aromatic nitrogens is 2. The van der Waals surface area contributed by atoms with Crippen molar-refractivity contribution in [1.82, 2.24) is 14.3 Å². The van der Waals surface area contributed by atoms with Gasteiger partial charge in [0.1, 0.15) is 5.82 Å². The lowest BCUT2D eigenvalue weighted by Crippen LogP contribution is -2.37. The van der Waals surface area contributed by atoms with E-state index in [1.807, 2.05) is 24.3 Å². The van der Waals surface area contributed by atoms with Crippen LogP contribution in [0.3, 0.4) is 0 Å². The molecule has 0 spiro atoms. The van der Waals surface area contributed by atoms with Crippen LogP contribution >= 0.6 is 22.9 Å². The molecular weight excluding hydrogens is 426 g/mol. The maximum Gasteiger partial charge on any atom is 0.229 e. The highest BCUT2D eigenvalue weighted by molar-refractivity contribution is 7.97. The van der Waals surface area contributed by atoms with Gasteiger partial charge in [0.05, 0.1) is 12.2 Å². The molecular formula is C21H20ClN3O2S2. The van der Waals surface area contributed by atoms with E-state index in [2.05, 4.69) is 0 Å². The Labute approximate surface area is 180 Å². The third-order valence-electron chi connectivity index (χ3n) is 5.47. The van der Waals surface area contributed by atoms with E-state index in [1.54, 1.807) is 21.8 Å². The monoisotopic (exact) mass is 445 g/mol. The van der Waals surface area contributed by atoms with Gasteiger partial charge < -0.3 is 4.55 Å². The van der Waals surface area contributed by atoms with E-state index in [0.29, 0.717) is 41.1 Å². The SMILES string of the molecule is O=[S+]([O-])(c1cccs1)N1CCc2nc(C3CC3)nc(-c3ccc(Cl)cc3)c2CC1. The lowest BCUT2D eigenvalue weighted by molar-refractivity contribution is 0.364. The Balaban J connectivity index is 1.53. The highest BCUT2D eigenvalue weighted by Crippen LogP contribution is 2.40. The third kappa shape index (κ3) is 3.78. The van der Waals surface area contributed by atoms with Crippen molar-refractivity contribution in [3.05, 3.63) is 63.9 Å². The van der Waals surface area contributed by atoms with Crippen molar-refractivity contribution in [1.29, 1.82) is 0 Å². The summed E-state index contributed by atoms with van der Waals surface area (Å²) in [6.07, 6.45) is 3.45. The number of sulfonamides is 1. The molecule has 3 heterocycles. The van der Waals surface area contributed by atoms with E-state index in [-0.39, 0.29) is 0 Å². The molecule has 0 saturated heterocycles. The van der Waals surface area contributed by atoms with E-state index in [9.17, 15) is 8.76 Å². The van der Waals surface area contributed by atoms with Gasteiger partial charge in [-0.05, 0) is 42.8 Å². The molecule has 2 aromatic heterocycles. The molecule has 1 saturated carbocycles. The largest absolute Gasteiger partial charge is 0.592 e.